The molecule has 38 heavy (non-hydrogen) atoms. The largest absolute Gasteiger partial charge is 0.496 e. The summed E-state index contributed by atoms with van der Waals surface area (Å²) in [7, 11) is 1.58. The summed E-state index contributed by atoms with van der Waals surface area (Å²) in [6, 6.07) is 8.51. The molecule has 9 heteroatoms. The molecule has 6 nitrogen and oxygen atoms in total. The van der Waals surface area contributed by atoms with E-state index in [0.717, 1.165) is 67.3 Å². The molecule has 0 aliphatic heterocycles. The van der Waals surface area contributed by atoms with E-state index in [1.807, 2.05) is 12.1 Å². The van der Waals surface area contributed by atoms with Crippen molar-refractivity contribution in [2.45, 2.75) is 83.0 Å². The van der Waals surface area contributed by atoms with Crippen molar-refractivity contribution in [3.05, 3.63) is 63.7 Å². The molecule has 206 valence electrons. The highest BCUT2D eigenvalue weighted by Gasteiger charge is 2.35. The van der Waals surface area contributed by atoms with Crippen molar-refractivity contribution in [3.63, 3.8) is 0 Å². The lowest BCUT2D eigenvalue weighted by atomic mass is 9.81. The second-order valence-electron chi connectivity index (χ2n) is 10.1. The first-order valence-electron chi connectivity index (χ1n) is 13.3. The number of carboxylic acid groups (broad SMARTS) is 1. The van der Waals surface area contributed by atoms with Gasteiger partial charge in [0.2, 0.25) is 0 Å². The Hall–Kier alpha value is -3.07. The maximum Gasteiger partial charge on any atom is 0.416 e. The topological polar surface area (TPSA) is 80.2 Å². The van der Waals surface area contributed by atoms with Crippen LogP contribution in [0.5, 0.6) is 5.75 Å². The molecule has 2 aromatic carbocycles. The van der Waals surface area contributed by atoms with E-state index < -0.39 is 17.7 Å². The van der Waals surface area contributed by atoms with Gasteiger partial charge in [0, 0.05) is 24.2 Å². The Labute approximate surface area is 221 Å². The van der Waals surface area contributed by atoms with Gasteiger partial charge in [-0.15, -0.1) is 0 Å². The Kier molecular flexibility index (Phi) is 9.31. The molecule has 0 radical (unpaired) electrons. The Bertz CT molecular complexity index is 1160. The molecule has 2 N–H and O–H groups in total. The first-order valence-corrected chi connectivity index (χ1v) is 13.3. The van der Waals surface area contributed by atoms with E-state index >= 15 is 0 Å². The van der Waals surface area contributed by atoms with Crippen LogP contribution >= 0.6 is 0 Å². The summed E-state index contributed by atoms with van der Waals surface area (Å²) in [5, 5.41) is 16.3. The maximum absolute atomic E-state index is 13.9. The number of benzene rings is 2. The predicted octanol–water partition coefficient (Wildman–Crippen LogP) is 6.58. The Balaban J connectivity index is 1.47. The highest BCUT2D eigenvalue weighted by molar-refractivity contribution is 6.02. The molecule has 0 bridgehead atoms. The van der Waals surface area contributed by atoms with E-state index in [0.29, 0.717) is 36.4 Å². The van der Waals surface area contributed by atoms with Crippen LogP contribution in [-0.4, -0.2) is 30.4 Å². The van der Waals surface area contributed by atoms with Crippen molar-refractivity contribution < 1.29 is 32.6 Å². The lowest BCUT2D eigenvalue weighted by Gasteiger charge is -2.25. The average molecular weight is 533 g/mol. The zero-order valence-electron chi connectivity index (χ0n) is 21.7. The summed E-state index contributed by atoms with van der Waals surface area (Å²) in [6.07, 6.45) is 2.69. The number of hydrogen-bond donors (Lipinski definition) is 2. The predicted molar refractivity (Wildman–Crippen MR) is 138 cm³/mol. The number of nitrogens with one attached hydrogen (secondary N) is 1. The van der Waals surface area contributed by atoms with Gasteiger partial charge in [-0.2, -0.15) is 13.2 Å². The molecule has 2 aliphatic rings. The first-order chi connectivity index (χ1) is 18.3. The molecule has 0 unspecified atom stereocenters. The number of carboxylic acids is 1. The minimum Gasteiger partial charge on any atom is -0.496 e. The van der Waals surface area contributed by atoms with Gasteiger partial charge >= 0.3 is 12.1 Å². The van der Waals surface area contributed by atoms with Crippen molar-refractivity contribution in [3.8, 4) is 5.75 Å². The molecule has 1 fully saturated rings. The van der Waals surface area contributed by atoms with Gasteiger partial charge in [0.25, 0.3) is 0 Å². The van der Waals surface area contributed by atoms with Crippen LogP contribution in [0.25, 0.3) is 0 Å². The second kappa shape index (κ2) is 12.7. The number of ether oxygens (including phenoxy) is 1. The molecule has 2 aromatic rings. The highest BCUT2D eigenvalue weighted by atomic mass is 19.4. The number of aliphatic carboxylic acids is 1. The number of methoxy groups -OCH3 is 1. The molecule has 0 spiro atoms. The standard InChI is InChI=1S/C29H35F3N2O4/c1-37-27-16-24-21(15-22(27)17-33-13-12-28(35)36)8-5-9-26(24)34-38-18-19-10-11-23(20-6-3-2-4-7-20)25(14-19)29(30,31)32/h10-11,14-16,20,33H,2-9,12-13,17-18H2,1H3,(H,35,36)/b34-26+. The van der Waals surface area contributed by atoms with Crippen molar-refractivity contribution in [2.24, 2.45) is 5.16 Å². The number of nitrogens with zero attached hydrogens (tertiary/aromatic N) is 1. The van der Waals surface area contributed by atoms with Gasteiger partial charge in [0.05, 0.1) is 24.8 Å². The van der Waals surface area contributed by atoms with Gasteiger partial charge in [-0.3, -0.25) is 4.79 Å². The Morgan fingerprint density at radius 2 is 1.89 bits per heavy atom. The third-order valence-corrected chi connectivity index (χ3v) is 7.38. The van der Waals surface area contributed by atoms with Crippen LogP contribution < -0.4 is 10.1 Å². The highest BCUT2D eigenvalue weighted by Crippen LogP contribution is 2.41. The van der Waals surface area contributed by atoms with Crippen LogP contribution in [-0.2, 0) is 35.4 Å². The molecule has 0 atom stereocenters. The van der Waals surface area contributed by atoms with Gasteiger partial charge in [0.15, 0.2) is 0 Å². The lowest BCUT2D eigenvalue weighted by molar-refractivity contribution is -0.139. The van der Waals surface area contributed by atoms with Gasteiger partial charge in [-0.05, 0) is 66.8 Å². The molecule has 0 amide bonds. The molecule has 1 saturated carbocycles. The minimum atomic E-state index is -4.41. The van der Waals surface area contributed by atoms with Crippen LogP contribution in [0, 0.1) is 0 Å². The number of halogens is 3. The molecule has 0 aromatic heterocycles. The van der Waals surface area contributed by atoms with Gasteiger partial charge < -0.3 is 20.0 Å². The second-order valence-corrected chi connectivity index (χ2v) is 10.1. The summed E-state index contributed by atoms with van der Waals surface area (Å²) in [5.41, 5.74) is 3.94. The third kappa shape index (κ3) is 7.07. The smallest absolute Gasteiger partial charge is 0.416 e. The Morgan fingerprint density at radius 3 is 2.61 bits per heavy atom. The Morgan fingerprint density at radius 1 is 1.11 bits per heavy atom. The fourth-order valence-corrected chi connectivity index (χ4v) is 5.47. The summed E-state index contributed by atoms with van der Waals surface area (Å²) in [4.78, 5) is 16.3. The van der Waals surface area contributed by atoms with E-state index in [4.69, 9.17) is 14.7 Å². The summed E-state index contributed by atoms with van der Waals surface area (Å²) >= 11 is 0. The van der Waals surface area contributed by atoms with Crippen molar-refractivity contribution in [1.82, 2.24) is 5.32 Å². The van der Waals surface area contributed by atoms with Crippen molar-refractivity contribution in [1.29, 1.82) is 0 Å². The fraction of sp³-hybridized carbons (Fsp3) is 0.517. The maximum atomic E-state index is 13.9. The van der Waals surface area contributed by atoms with Crippen molar-refractivity contribution in [2.75, 3.05) is 13.7 Å². The monoisotopic (exact) mass is 532 g/mol. The molecular weight excluding hydrogens is 497 g/mol. The quantitative estimate of drug-likeness (QED) is 0.267. The van der Waals surface area contributed by atoms with E-state index in [-0.39, 0.29) is 18.9 Å². The third-order valence-electron chi connectivity index (χ3n) is 7.38. The molecule has 0 saturated heterocycles. The van der Waals surface area contributed by atoms with Gasteiger partial charge in [-0.25, -0.2) is 0 Å². The lowest BCUT2D eigenvalue weighted by Crippen LogP contribution is -2.19. The van der Waals surface area contributed by atoms with Crippen LogP contribution in [0.1, 0.15) is 90.7 Å². The normalized spacial score (nSPS) is 17.3. The first kappa shape index (κ1) is 28.0. The zero-order valence-corrected chi connectivity index (χ0v) is 21.7. The summed E-state index contributed by atoms with van der Waals surface area (Å²) in [6.45, 7) is 0.786. The number of carbonyl (C=O) groups is 1. The van der Waals surface area contributed by atoms with Crippen LogP contribution in [0.15, 0.2) is 35.5 Å². The van der Waals surface area contributed by atoms with E-state index in [1.54, 1.807) is 19.2 Å². The number of rotatable bonds is 10. The van der Waals surface area contributed by atoms with E-state index in [1.165, 1.54) is 6.07 Å². The zero-order chi connectivity index (χ0) is 27.1. The number of fused-ring (bicyclic) bond motifs is 1. The van der Waals surface area contributed by atoms with Crippen LogP contribution in [0.4, 0.5) is 13.2 Å². The van der Waals surface area contributed by atoms with E-state index in [2.05, 4.69) is 10.5 Å². The number of aryl methyl sites for hydroxylation is 1. The number of hydrogen-bond acceptors (Lipinski definition) is 5. The molecular formula is C29H35F3N2O4. The van der Waals surface area contributed by atoms with Gasteiger partial charge in [-0.1, -0.05) is 42.6 Å². The molecule has 0 heterocycles. The van der Waals surface area contributed by atoms with E-state index in [9.17, 15) is 18.0 Å². The summed E-state index contributed by atoms with van der Waals surface area (Å²) in [5.74, 6) is -0.235. The average Bonchev–Trinajstić information content (AvgIpc) is 2.90. The van der Waals surface area contributed by atoms with Gasteiger partial charge in [0.1, 0.15) is 12.4 Å². The SMILES string of the molecule is COc1cc2c(cc1CNCCC(=O)O)CCC/C2=N\OCc1ccc(C2CCCCC2)c(C(F)(F)F)c1. The molecule has 2 aliphatic carbocycles. The fourth-order valence-electron chi connectivity index (χ4n) is 5.47. The van der Waals surface area contributed by atoms with Crippen molar-refractivity contribution >= 4 is 11.7 Å². The van der Waals surface area contributed by atoms with Crippen LogP contribution in [0.2, 0.25) is 0 Å². The summed E-state index contributed by atoms with van der Waals surface area (Å²) < 4.78 is 47.2. The molecule has 4 rings (SSSR count). The number of alkyl halides is 3. The number of oxime groups is 1. The van der Waals surface area contributed by atoms with Crippen LogP contribution in [0.3, 0.4) is 0 Å². The minimum absolute atomic E-state index is 0.0369.